The van der Waals surface area contributed by atoms with Gasteiger partial charge in [-0.1, -0.05) is 19.8 Å². The van der Waals surface area contributed by atoms with Crippen LogP contribution in [0.3, 0.4) is 0 Å². The molecule has 2 unspecified atom stereocenters. The Kier molecular flexibility index (Phi) is 7.85. The van der Waals surface area contributed by atoms with Gasteiger partial charge in [0.2, 0.25) is 5.91 Å². The van der Waals surface area contributed by atoms with E-state index in [-0.39, 0.29) is 18.3 Å². The fourth-order valence-electron chi connectivity index (χ4n) is 3.37. The van der Waals surface area contributed by atoms with E-state index in [1.165, 1.54) is 19.3 Å². The molecule has 1 aliphatic carbocycles. The lowest BCUT2D eigenvalue weighted by Crippen LogP contribution is -2.47. The Hall–Kier alpha value is -0.320. The molecule has 0 aromatic carbocycles. The molecule has 118 valence electrons. The molecule has 2 rings (SSSR count). The van der Waals surface area contributed by atoms with Crippen molar-refractivity contribution in [2.24, 2.45) is 17.6 Å². The number of hydrogen-bond acceptors (Lipinski definition) is 3. The maximum atomic E-state index is 12.1. The highest BCUT2D eigenvalue weighted by Crippen LogP contribution is 2.23. The van der Waals surface area contributed by atoms with Gasteiger partial charge in [0.25, 0.3) is 0 Å². The summed E-state index contributed by atoms with van der Waals surface area (Å²) in [6.45, 7) is 5.67. The molecule has 1 aliphatic heterocycles. The number of nitrogens with two attached hydrogens (primary N) is 1. The Morgan fingerprint density at radius 2 is 1.85 bits per heavy atom. The van der Waals surface area contributed by atoms with Gasteiger partial charge in [0.15, 0.2) is 0 Å². The molecule has 0 aromatic rings. The lowest BCUT2D eigenvalue weighted by molar-refractivity contribution is -0.123. The van der Waals surface area contributed by atoms with Crippen molar-refractivity contribution in [1.29, 1.82) is 0 Å². The SMILES string of the molecule is CC1CCCCC1NC(=O)CN1CCC(CN)CC1.Cl. The third kappa shape index (κ3) is 5.23. The Balaban J connectivity index is 0.00000200. The maximum absolute atomic E-state index is 12.1. The first-order valence-corrected chi connectivity index (χ1v) is 7.91. The van der Waals surface area contributed by atoms with Crippen molar-refractivity contribution in [3.63, 3.8) is 0 Å². The van der Waals surface area contributed by atoms with Crippen LogP contribution in [0.1, 0.15) is 45.4 Å². The molecular formula is C15H30ClN3O. The van der Waals surface area contributed by atoms with Gasteiger partial charge in [0.05, 0.1) is 6.54 Å². The highest BCUT2D eigenvalue weighted by molar-refractivity contribution is 5.85. The summed E-state index contributed by atoms with van der Waals surface area (Å²) in [7, 11) is 0. The van der Waals surface area contributed by atoms with Gasteiger partial charge in [-0.25, -0.2) is 0 Å². The van der Waals surface area contributed by atoms with Crippen molar-refractivity contribution in [2.75, 3.05) is 26.2 Å². The van der Waals surface area contributed by atoms with Crippen molar-refractivity contribution in [1.82, 2.24) is 10.2 Å². The van der Waals surface area contributed by atoms with Gasteiger partial charge in [-0.15, -0.1) is 12.4 Å². The van der Waals surface area contributed by atoms with E-state index in [2.05, 4.69) is 17.1 Å². The summed E-state index contributed by atoms with van der Waals surface area (Å²) in [4.78, 5) is 14.4. The minimum atomic E-state index is 0. The molecule has 0 aromatic heterocycles. The highest BCUT2D eigenvalue weighted by atomic mass is 35.5. The number of carbonyl (C=O) groups excluding carboxylic acids is 1. The van der Waals surface area contributed by atoms with E-state index in [4.69, 9.17) is 5.73 Å². The molecule has 20 heavy (non-hydrogen) atoms. The molecule has 3 N–H and O–H groups in total. The zero-order valence-electron chi connectivity index (χ0n) is 12.6. The summed E-state index contributed by atoms with van der Waals surface area (Å²) in [5, 5.41) is 3.24. The van der Waals surface area contributed by atoms with Gasteiger partial charge in [0, 0.05) is 6.04 Å². The van der Waals surface area contributed by atoms with E-state index in [1.807, 2.05) is 0 Å². The van der Waals surface area contributed by atoms with Crippen LogP contribution in [-0.2, 0) is 4.79 Å². The summed E-state index contributed by atoms with van der Waals surface area (Å²) in [6.07, 6.45) is 7.28. The second-order valence-electron chi connectivity index (χ2n) is 6.39. The largest absolute Gasteiger partial charge is 0.352 e. The number of nitrogens with one attached hydrogen (secondary N) is 1. The second-order valence-corrected chi connectivity index (χ2v) is 6.39. The van der Waals surface area contributed by atoms with Crippen LogP contribution in [0.4, 0.5) is 0 Å². The highest BCUT2D eigenvalue weighted by Gasteiger charge is 2.24. The summed E-state index contributed by atoms with van der Waals surface area (Å²) in [5.74, 6) is 1.52. The third-order valence-electron chi connectivity index (χ3n) is 4.87. The number of halogens is 1. The maximum Gasteiger partial charge on any atom is 0.234 e. The summed E-state index contributed by atoms with van der Waals surface area (Å²) >= 11 is 0. The van der Waals surface area contributed by atoms with Crippen LogP contribution in [0.5, 0.6) is 0 Å². The van der Waals surface area contributed by atoms with Crippen LogP contribution in [0.2, 0.25) is 0 Å². The van der Waals surface area contributed by atoms with Crippen LogP contribution in [-0.4, -0.2) is 43.0 Å². The van der Waals surface area contributed by atoms with Crippen LogP contribution >= 0.6 is 12.4 Å². The van der Waals surface area contributed by atoms with Gasteiger partial charge in [0.1, 0.15) is 0 Å². The summed E-state index contributed by atoms with van der Waals surface area (Å²) < 4.78 is 0. The minimum Gasteiger partial charge on any atom is -0.352 e. The molecule has 0 spiro atoms. The van der Waals surface area contributed by atoms with E-state index >= 15 is 0 Å². The Morgan fingerprint density at radius 3 is 2.45 bits per heavy atom. The fourth-order valence-corrected chi connectivity index (χ4v) is 3.37. The summed E-state index contributed by atoms with van der Waals surface area (Å²) in [5.41, 5.74) is 5.69. The monoisotopic (exact) mass is 303 g/mol. The topological polar surface area (TPSA) is 58.4 Å². The van der Waals surface area contributed by atoms with Crippen molar-refractivity contribution in [3.8, 4) is 0 Å². The molecule has 2 fully saturated rings. The number of amides is 1. The molecule has 2 atom stereocenters. The molecule has 1 saturated carbocycles. The quantitative estimate of drug-likeness (QED) is 0.832. The van der Waals surface area contributed by atoms with Crippen molar-refractivity contribution in [2.45, 2.75) is 51.5 Å². The lowest BCUT2D eigenvalue weighted by Gasteiger charge is -2.33. The van der Waals surface area contributed by atoms with E-state index in [0.717, 1.165) is 38.9 Å². The average molecular weight is 304 g/mol. The first-order chi connectivity index (χ1) is 9.19. The number of carbonyl (C=O) groups is 1. The Morgan fingerprint density at radius 1 is 1.20 bits per heavy atom. The molecule has 1 amide bonds. The number of likely N-dealkylation sites (tertiary alicyclic amines) is 1. The smallest absolute Gasteiger partial charge is 0.234 e. The first-order valence-electron chi connectivity index (χ1n) is 7.91. The zero-order valence-corrected chi connectivity index (χ0v) is 13.5. The van der Waals surface area contributed by atoms with Gasteiger partial charge >= 0.3 is 0 Å². The number of piperidine rings is 1. The fraction of sp³-hybridized carbons (Fsp3) is 0.933. The number of hydrogen-bond donors (Lipinski definition) is 2. The van der Waals surface area contributed by atoms with Gasteiger partial charge in [-0.2, -0.15) is 0 Å². The Labute approximate surface area is 129 Å². The van der Waals surface area contributed by atoms with Crippen LogP contribution in [0.25, 0.3) is 0 Å². The van der Waals surface area contributed by atoms with Gasteiger partial charge in [-0.3, -0.25) is 9.69 Å². The normalized spacial score (nSPS) is 28.7. The van der Waals surface area contributed by atoms with Crippen molar-refractivity contribution in [3.05, 3.63) is 0 Å². The second kappa shape index (κ2) is 8.85. The third-order valence-corrected chi connectivity index (χ3v) is 4.87. The number of rotatable bonds is 4. The molecule has 2 aliphatic rings. The molecule has 4 nitrogen and oxygen atoms in total. The molecule has 5 heteroatoms. The van der Waals surface area contributed by atoms with E-state index in [9.17, 15) is 4.79 Å². The average Bonchev–Trinajstić information content (AvgIpc) is 2.42. The standard InChI is InChI=1S/C15H29N3O.ClH/c1-12-4-2-3-5-14(12)17-15(19)11-18-8-6-13(10-16)7-9-18;/h12-14H,2-11,16H2,1H3,(H,17,19);1H. The summed E-state index contributed by atoms with van der Waals surface area (Å²) in [6, 6.07) is 0.405. The van der Waals surface area contributed by atoms with E-state index < -0.39 is 0 Å². The van der Waals surface area contributed by atoms with Crippen molar-refractivity contribution >= 4 is 18.3 Å². The molecular weight excluding hydrogens is 274 g/mol. The van der Waals surface area contributed by atoms with Gasteiger partial charge < -0.3 is 11.1 Å². The first kappa shape index (κ1) is 17.7. The van der Waals surface area contributed by atoms with Crippen LogP contribution in [0.15, 0.2) is 0 Å². The number of nitrogens with zero attached hydrogens (tertiary/aromatic N) is 1. The van der Waals surface area contributed by atoms with Crippen LogP contribution in [0, 0.1) is 11.8 Å². The van der Waals surface area contributed by atoms with E-state index in [1.54, 1.807) is 0 Å². The van der Waals surface area contributed by atoms with Gasteiger partial charge in [-0.05, 0) is 57.2 Å². The molecule has 0 bridgehead atoms. The van der Waals surface area contributed by atoms with E-state index in [0.29, 0.717) is 24.4 Å². The molecule has 1 saturated heterocycles. The van der Waals surface area contributed by atoms with Crippen LogP contribution < -0.4 is 11.1 Å². The Bertz CT molecular complexity index is 293. The predicted octanol–water partition coefficient (Wildman–Crippen LogP) is 1.77. The molecule has 0 radical (unpaired) electrons. The minimum absolute atomic E-state index is 0. The predicted molar refractivity (Wildman–Crippen MR) is 85.0 cm³/mol. The molecule has 1 heterocycles. The van der Waals surface area contributed by atoms with Crippen molar-refractivity contribution < 1.29 is 4.79 Å². The zero-order chi connectivity index (χ0) is 13.7. The lowest BCUT2D eigenvalue weighted by atomic mass is 9.86.